The standard InChI is InChI=1S/C13H19NO3S/c1-9-3-4-12(10(2)14)13(7-9)17-11-5-6-18(15,16)8-11/h3-4,7,10-11H,5-6,8,14H2,1-2H3. The van der Waals surface area contributed by atoms with E-state index in [1.807, 2.05) is 32.0 Å². The number of benzene rings is 1. The Hall–Kier alpha value is -1.07. The Morgan fingerprint density at radius 1 is 1.44 bits per heavy atom. The molecule has 0 aromatic heterocycles. The van der Waals surface area contributed by atoms with E-state index >= 15 is 0 Å². The summed E-state index contributed by atoms with van der Waals surface area (Å²) < 4.78 is 28.6. The Kier molecular flexibility index (Phi) is 3.64. The average molecular weight is 269 g/mol. The number of aryl methyl sites for hydroxylation is 1. The largest absolute Gasteiger partial charge is 0.489 e. The maximum Gasteiger partial charge on any atom is 0.154 e. The second-order valence-corrected chi connectivity index (χ2v) is 7.20. The number of hydrogen-bond acceptors (Lipinski definition) is 4. The molecular formula is C13H19NO3S. The molecule has 0 bridgehead atoms. The molecule has 0 aliphatic carbocycles. The first-order chi connectivity index (χ1) is 8.37. The number of rotatable bonds is 3. The summed E-state index contributed by atoms with van der Waals surface area (Å²) in [5, 5.41) is 0. The van der Waals surface area contributed by atoms with E-state index in [-0.39, 0.29) is 23.7 Å². The van der Waals surface area contributed by atoms with Gasteiger partial charge in [0.1, 0.15) is 11.9 Å². The van der Waals surface area contributed by atoms with E-state index in [2.05, 4.69) is 0 Å². The zero-order chi connectivity index (χ0) is 13.3. The van der Waals surface area contributed by atoms with Gasteiger partial charge in [0, 0.05) is 11.6 Å². The summed E-state index contributed by atoms with van der Waals surface area (Å²) in [6, 6.07) is 5.72. The molecule has 0 amide bonds. The molecule has 1 heterocycles. The van der Waals surface area contributed by atoms with Gasteiger partial charge < -0.3 is 10.5 Å². The van der Waals surface area contributed by atoms with Gasteiger partial charge in [0.25, 0.3) is 0 Å². The van der Waals surface area contributed by atoms with E-state index in [4.69, 9.17) is 10.5 Å². The van der Waals surface area contributed by atoms with Crippen LogP contribution in [0.3, 0.4) is 0 Å². The quantitative estimate of drug-likeness (QED) is 0.904. The zero-order valence-corrected chi connectivity index (χ0v) is 11.5. The summed E-state index contributed by atoms with van der Waals surface area (Å²) >= 11 is 0. The highest BCUT2D eigenvalue weighted by Crippen LogP contribution is 2.28. The second kappa shape index (κ2) is 4.90. The van der Waals surface area contributed by atoms with E-state index in [1.54, 1.807) is 0 Å². The van der Waals surface area contributed by atoms with Gasteiger partial charge in [-0.3, -0.25) is 0 Å². The maximum absolute atomic E-state index is 11.4. The summed E-state index contributed by atoms with van der Waals surface area (Å²) in [7, 11) is -2.92. The summed E-state index contributed by atoms with van der Waals surface area (Å²) in [6.45, 7) is 3.87. The van der Waals surface area contributed by atoms with Crippen LogP contribution in [0, 0.1) is 6.92 Å². The van der Waals surface area contributed by atoms with Crippen molar-refractivity contribution in [2.45, 2.75) is 32.4 Å². The van der Waals surface area contributed by atoms with Gasteiger partial charge in [-0.15, -0.1) is 0 Å². The Labute approximate surface area is 108 Å². The second-order valence-electron chi connectivity index (χ2n) is 4.97. The minimum atomic E-state index is -2.92. The number of nitrogens with two attached hydrogens (primary N) is 1. The van der Waals surface area contributed by atoms with Crippen molar-refractivity contribution in [3.8, 4) is 5.75 Å². The predicted octanol–water partition coefficient (Wildman–Crippen LogP) is 1.58. The molecule has 1 saturated heterocycles. The van der Waals surface area contributed by atoms with Crippen molar-refractivity contribution < 1.29 is 13.2 Å². The minimum Gasteiger partial charge on any atom is -0.489 e. The van der Waals surface area contributed by atoms with E-state index in [9.17, 15) is 8.42 Å². The molecule has 1 aromatic rings. The average Bonchev–Trinajstić information content (AvgIpc) is 2.57. The fraction of sp³-hybridized carbons (Fsp3) is 0.538. The number of hydrogen-bond donors (Lipinski definition) is 1. The van der Waals surface area contributed by atoms with Gasteiger partial charge in [-0.2, -0.15) is 0 Å². The lowest BCUT2D eigenvalue weighted by Crippen LogP contribution is -2.19. The monoisotopic (exact) mass is 269 g/mol. The lowest BCUT2D eigenvalue weighted by Gasteiger charge is -2.18. The minimum absolute atomic E-state index is 0.110. The smallest absolute Gasteiger partial charge is 0.154 e. The van der Waals surface area contributed by atoms with Crippen LogP contribution in [0.2, 0.25) is 0 Å². The molecule has 0 radical (unpaired) electrons. The molecule has 1 aliphatic heterocycles. The summed E-state index contributed by atoms with van der Waals surface area (Å²) in [5.74, 6) is 1.04. The van der Waals surface area contributed by atoms with Gasteiger partial charge in [-0.05, 0) is 31.9 Å². The van der Waals surface area contributed by atoms with Crippen molar-refractivity contribution in [3.05, 3.63) is 29.3 Å². The Bertz CT molecular complexity index is 537. The van der Waals surface area contributed by atoms with Crippen LogP contribution in [0.4, 0.5) is 0 Å². The number of sulfone groups is 1. The van der Waals surface area contributed by atoms with Crippen molar-refractivity contribution in [1.29, 1.82) is 0 Å². The summed E-state index contributed by atoms with van der Waals surface area (Å²) in [4.78, 5) is 0. The summed E-state index contributed by atoms with van der Waals surface area (Å²) in [6.07, 6.45) is 0.323. The van der Waals surface area contributed by atoms with Crippen LogP contribution >= 0.6 is 0 Å². The molecule has 2 atom stereocenters. The number of ether oxygens (including phenoxy) is 1. The van der Waals surface area contributed by atoms with Gasteiger partial charge in [0.2, 0.25) is 0 Å². The van der Waals surface area contributed by atoms with E-state index < -0.39 is 9.84 Å². The first-order valence-electron chi connectivity index (χ1n) is 6.10. The normalized spacial score (nSPS) is 23.8. The first kappa shape index (κ1) is 13.4. The van der Waals surface area contributed by atoms with Gasteiger partial charge in [-0.1, -0.05) is 12.1 Å². The SMILES string of the molecule is Cc1ccc(C(C)N)c(OC2CCS(=O)(=O)C2)c1. The fourth-order valence-corrected chi connectivity index (χ4v) is 3.74. The molecule has 2 unspecified atom stereocenters. The topological polar surface area (TPSA) is 69.4 Å². The van der Waals surface area contributed by atoms with Crippen LogP contribution in [0.25, 0.3) is 0 Å². The van der Waals surface area contributed by atoms with Crippen molar-refractivity contribution in [1.82, 2.24) is 0 Å². The molecule has 1 aromatic carbocycles. The first-order valence-corrected chi connectivity index (χ1v) is 7.93. The van der Waals surface area contributed by atoms with Gasteiger partial charge in [-0.25, -0.2) is 8.42 Å². The molecular weight excluding hydrogens is 250 g/mol. The van der Waals surface area contributed by atoms with E-state index in [1.165, 1.54) is 0 Å². The lowest BCUT2D eigenvalue weighted by molar-refractivity contribution is 0.225. The highest BCUT2D eigenvalue weighted by Gasteiger charge is 2.30. The molecule has 18 heavy (non-hydrogen) atoms. The molecule has 2 rings (SSSR count). The van der Waals surface area contributed by atoms with E-state index in [0.29, 0.717) is 12.2 Å². The van der Waals surface area contributed by atoms with Crippen molar-refractivity contribution in [2.24, 2.45) is 5.73 Å². The summed E-state index contributed by atoms with van der Waals surface area (Å²) in [5.41, 5.74) is 7.89. The molecule has 5 heteroatoms. The van der Waals surface area contributed by atoms with Crippen LogP contribution in [0.15, 0.2) is 18.2 Å². The predicted molar refractivity (Wildman–Crippen MR) is 71.5 cm³/mol. The highest BCUT2D eigenvalue weighted by atomic mass is 32.2. The van der Waals surface area contributed by atoms with Crippen molar-refractivity contribution >= 4 is 9.84 Å². The van der Waals surface area contributed by atoms with Crippen molar-refractivity contribution in [3.63, 3.8) is 0 Å². The maximum atomic E-state index is 11.4. The van der Waals surface area contributed by atoms with Gasteiger partial charge >= 0.3 is 0 Å². The Morgan fingerprint density at radius 2 is 2.17 bits per heavy atom. The third kappa shape index (κ3) is 3.03. The zero-order valence-electron chi connectivity index (χ0n) is 10.7. The molecule has 0 spiro atoms. The van der Waals surface area contributed by atoms with Gasteiger partial charge in [0.05, 0.1) is 11.5 Å². The van der Waals surface area contributed by atoms with Crippen LogP contribution in [0.5, 0.6) is 5.75 Å². The molecule has 100 valence electrons. The third-order valence-corrected chi connectivity index (χ3v) is 4.88. The van der Waals surface area contributed by atoms with Crippen molar-refractivity contribution in [2.75, 3.05) is 11.5 Å². The van der Waals surface area contributed by atoms with Gasteiger partial charge in [0.15, 0.2) is 9.84 Å². The van der Waals surface area contributed by atoms with Crippen LogP contribution in [-0.2, 0) is 9.84 Å². The van der Waals surface area contributed by atoms with Crippen LogP contribution in [-0.4, -0.2) is 26.0 Å². The van der Waals surface area contributed by atoms with E-state index in [0.717, 1.165) is 11.1 Å². The molecule has 1 fully saturated rings. The highest BCUT2D eigenvalue weighted by molar-refractivity contribution is 7.91. The molecule has 0 saturated carbocycles. The van der Waals surface area contributed by atoms with Crippen LogP contribution < -0.4 is 10.5 Å². The lowest BCUT2D eigenvalue weighted by atomic mass is 10.1. The fourth-order valence-electron chi connectivity index (χ4n) is 2.15. The van der Waals surface area contributed by atoms with Crippen LogP contribution in [0.1, 0.15) is 30.5 Å². The Balaban J connectivity index is 2.21. The molecule has 1 aliphatic rings. The third-order valence-electron chi connectivity index (χ3n) is 3.14. The molecule has 4 nitrogen and oxygen atoms in total. The Morgan fingerprint density at radius 3 is 2.72 bits per heavy atom. The molecule has 2 N–H and O–H groups in total.